The Morgan fingerprint density at radius 3 is 2.29 bits per heavy atom. The summed E-state index contributed by atoms with van der Waals surface area (Å²) in [7, 11) is -2.17. The van der Waals surface area contributed by atoms with Crippen molar-refractivity contribution in [2.24, 2.45) is 0 Å². The second-order valence-corrected chi connectivity index (χ2v) is 14.7. The van der Waals surface area contributed by atoms with Crippen LogP contribution in [0.2, 0.25) is 18.1 Å². The van der Waals surface area contributed by atoms with Crippen LogP contribution in [0.15, 0.2) is 54.6 Å². The van der Waals surface area contributed by atoms with Crippen molar-refractivity contribution >= 4 is 42.7 Å². The third-order valence-corrected chi connectivity index (χ3v) is 10.8. The van der Waals surface area contributed by atoms with Crippen LogP contribution in [0.1, 0.15) is 42.7 Å². The lowest BCUT2D eigenvalue weighted by molar-refractivity contribution is -0.158. The highest BCUT2D eigenvalue weighted by Gasteiger charge is 2.55. The van der Waals surface area contributed by atoms with Gasteiger partial charge in [-0.15, -0.1) is 0 Å². The molecule has 0 bridgehead atoms. The van der Waals surface area contributed by atoms with E-state index in [1.807, 2.05) is 42.5 Å². The summed E-state index contributed by atoms with van der Waals surface area (Å²) in [5, 5.41) is -0.0210. The van der Waals surface area contributed by atoms with Crippen LogP contribution in [0.5, 0.6) is 0 Å². The molecule has 0 radical (unpaired) electrons. The first-order chi connectivity index (χ1) is 13.0. The molecule has 2 atom stereocenters. The summed E-state index contributed by atoms with van der Waals surface area (Å²) in [6.45, 7) is 10.7. The molecule has 3 rings (SSSR count). The van der Waals surface area contributed by atoms with Crippen molar-refractivity contribution < 1.29 is 14.0 Å². The molecule has 28 heavy (non-hydrogen) atoms. The number of β-lactam (4-membered cyclic amide) rings is 1. The van der Waals surface area contributed by atoms with Crippen molar-refractivity contribution in [3.63, 3.8) is 0 Å². The molecule has 0 spiro atoms. The summed E-state index contributed by atoms with van der Waals surface area (Å²) < 4.78 is 7.53. The maximum absolute atomic E-state index is 13.1. The number of hydrogen-bond acceptors (Lipinski definition) is 3. The molecule has 0 N–H and O–H groups in total. The first-order valence-electron chi connectivity index (χ1n) is 9.39. The fraction of sp³-hybridized carbons (Fsp3) is 0.364. The second-order valence-electron chi connectivity index (χ2n) is 8.68. The van der Waals surface area contributed by atoms with Crippen molar-refractivity contribution in [3.8, 4) is 0 Å². The highest BCUT2D eigenvalue weighted by Crippen LogP contribution is 2.44. The maximum Gasteiger partial charge on any atom is 0.261 e. The van der Waals surface area contributed by atoms with Crippen LogP contribution in [0.3, 0.4) is 0 Å². The molecule has 2 aromatic carbocycles. The van der Waals surface area contributed by atoms with Gasteiger partial charge in [0.2, 0.25) is 0 Å². The Balaban J connectivity index is 1.97. The summed E-state index contributed by atoms with van der Waals surface area (Å²) in [6, 6.07) is 16.5. The number of carbonyl (C=O) groups is 2. The molecule has 2 aromatic rings. The predicted octanol–water partition coefficient (Wildman–Crippen LogP) is 5.41. The Labute approximate surface area is 181 Å². The smallest absolute Gasteiger partial charge is 0.261 e. The molecular formula is C22H26INO3Si. The van der Waals surface area contributed by atoms with Gasteiger partial charge in [-0.2, -0.15) is 0 Å². The Morgan fingerprint density at radius 1 is 1.07 bits per heavy atom. The molecule has 1 fully saturated rings. The maximum atomic E-state index is 13.1. The van der Waals surface area contributed by atoms with Gasteiger partial charge in [0.1, 0.15) is 0 Å². The SMILES string of the molecule is CC(C)(C)[Si](C)(C)O[C@H]1C(=O)N(C(=O)c2ccccc2)[C@H]1c1cccc(I)c1. The zero-order chi connectivity index (χ0) is 20.7. The number of halogens is 1. The van der Waals surface area contributed by atoms with Crippen molar-refractivity contribution in [1.82, 2.24) is 4.90 Å². The summed E-state index contributed by atoms with van der Waals surface area (Å²) >= 11 is 2.25. The van der Waals surface area contributed by atoms with Crippen molar-refractivity contribution in [2.75, 3.05) is 0 Å². The van der Waals surface area contributed by atoms with Gasteiger partial charge in [0.05, 0.1) is 6.04 Å². The van der Waals surface area contributed by atoms with Gasteiger partial charge in [0.15, 0.2) is 14.4 Å². The molecular weight excluding hydrogens is 481 g/mol. The molecule has 2 amide bonds. The highest BCUT2D eigenvalue weighted by atomic mass is 127. The molecule has 1 aliphatic heterocycles. The first kappa shape index (κ1) is 21.2. The number of hydrogen-bond donors (Lipinski definition) is 0. The molecule has 6 heteroatoms. The molecule has 0 aromatic heterocycles. The minimum Gasteiger partial charge on any atom is -0.403 e. The molecule has 148 valence electrons. The van der Waals surface area contributed by atoms with E-state index in [1.54, 1.807) is 12.1 Å². The molecule has 1 heterocycles. The number of likely N-dealkylation sites (tertiary alicyclic amines) is 1. The van der Waals surface area contributed by atoms with Gasteiger partial charge in [0, 0.05) is 9.13 Å². The third-order valence-electron chi connectivity index (χ3n) is 5.70. The van der Waals surface area contributed by atoms with Crippen molar-refractivity contribution in [1.29, 1.82) is 0 Å². The van der Waals surface area contributed by atoms with E-state index in [4.69, 9.17) is 4.43 Å². The number of benzene rings is 2. The number of nitrogens with zero attached hydrogens (tertiary/aromatic N) is 1. The van der Waals surface area contributed by atoms with E-state index in [0.29, 0.717) is 5.56 Å². The predicted molar refractivity (Wildman–Crippen MR) is 122 cm³/mol. The average Bonchev–Trinajstić information content (AvgIpc) is 2.63. The largest absolute Gasteiger partial charge is 0.403 e. The lowest BCUT2D eigenvalue weighted by Gasteiger charge is -2.50. The van der Waals surface area contributed by atoms with Crippen LogP contribution in [-0.2, 0) is 9.22 Å². The third kappa shape index (κ3) is 3.95. The van der Waals surface area contributed by atoms with Gasteiger partial charge < -0.3 is 4.43 Å². The minimum atomic E-state index is -2.17. The topological polar surface area (TPSA) is 46.6 Å². The van der Waals surface area contributed by atoms with Gasteiger partial charge in [0.25, 0.3) is 11.8 Å². The van der Waals surface area contributed by atoms with Crippen LogP contribution >= 0.6 is 22.6 Å². The van der Waals surface area contributed by atoms with Gasteiger partial charge in [-0.3, -0.25) is 14.5 Å². The van der Waals surface area contributed by atoms with E-state index in [0.717, 1.165) is 9.13 Å². The summed E-state index contributed by atoms with van der Waals surface area (Å²) in [5.41, 5.74) is 1.44. The second kappa shape index (κ2) is 7.72. The van der Waals surface area contributed by atoms with Crippen LogP contribution in [0.25, 0.3) is 0 Å². The standard InChI is InChI=1S/C22H26INO3Si/c1-22(2,3)28(4,5)27-19-18(16-12-9-13-17(23)14-16)24(21(19)26)20(25)15-10-7-6-8-11-15/h6-14,18-19H,1-5H3/t18-,19+/m0/s1. The van der Waals surface area contributed by atoms with Crippen molar-refractivity contribution in [2.45, 2.75) is 51.0 Å². The van der Waals surface area contributed by atoms with Crippen LogP contribution < -0.4 is 0 Å². The normalized spacial score (nSPS) is 20.1. The van der Waals surface area contributed by atoms with Crippen molar-refractivity contribution in [3.05, 3.63) is 69.3 Å². The van der Waals surface area contributed by atoms with E-state index in [2.05, 4.69) is 56.5 Å². The van der Waals surface area contributed by atoms with E-state index >= 15 is 0 Å². The average molecular weight is 507 g/mol. The van der Waals surface area contributed by atoms with Gasteiger partial charge in [-0.25, -0.2) is 0 Å². The van der Waals surface area contributed by atoms with Crippen LogP contribution in [0.4, 0.5) is 0 Å². The fourth-order valence-electron chi connectivity index (χ4n) is 3.03. The Kier molecular flexibility index (Phi) is 5.85. The van der Waals surface area contributed by atoms with Gasteiger partial charge >= 0.3 is 0 Å². The number of imide groups is 1. The lowest BCUT2D eigenvalue weighted by Crippen LogP contribution is -2.65. The fourth-order valence-corrected chi connectivity index (χ4v) is 4.82. The number of rotatable bonds is 4. The summed E-state index contributed by atoms with van der Waals surface area (Å²) in [4.78, 5) is 27.5. The van der Waals surface area contributed by atoms with E-state index < -0.39 is 20.5 Å². The Bertz CT molecular complexity index is 892. The Morgan fingerprint density at radius 2 is 1.71 bits per heavy atom. The van der Waals surface area contributed by atoms with Gasteiger partial charge in [-0.1, -0.05) is 51.1 Å². The number of amides is 2. The zero-order valence-corrected chi connectivity index (χ0v) is 20.1. The lowest BCUT2D eigenvalue weighted by atomic mass is 9.90. The van der Waals surface area contributed by atoms with Crippen LogP contribution in [-0.4, -0.2) is 31.1 Å². The van der Waals surface area contributed by atoms with E-state index in [-0.39, 0.29) is 16.9 Å². The molecule has 0 saturated carbocycles. The first-order valence-corrected chi connectivity index (χ1v) is 13.4. The molecule has 1 aliphatic rings. The Hall–Kier alpha value is -1.51. The monoisotopic (exact) mass is 507 g/mol. The number of carbonyl (C=O) groups excluding carboxylic acids is 2. The van der Waals surface area contributed by atoms with E-state index in [1.165, 1.54) is 4.90 Å². The molecule has 1 saturated heterocycles. The van der Waals surface area contributed by atoms with Gasteiger partial charge in [-0.05, 0) is 70.6 Å². The van der Waals surface area contributed by atoms with E-state index in [9.17, 15) is 9.59 Å². The summed E-state index contributed by atoms with van der Waals surface area (Å²) in [6.07, 6.45) is -0.619. The zero-order valence-electron chi connectivity index (χ0n) is 16.9. The minimum absolute atomic E-state index is 0.0210. The molecule has 4 nitrogen and oxygen atoms in total. The van der Waals surface area contributed by atoms with Crippen LogP contribution in [0, 0.1) is 3.57 Å². The quantitative estimate of drug-likeness (QED) is 0.241. The summed E-state index contributed by atoms with van der Waals surface area (Å²) in [5.74, 6) is -0.521. The highest BCUT2D eigenvalue weighted by molar-refractivity contribution is 14.1. The molecule has 0 unspecified atom stereocenters. The molecule has 0 aliphatic carbocycles.